The van der Waals surface area contributed by atoms with Crippen LogP contribution in [-0.4, -0.2) is 12.3 Å². The summed E-state index contributed by atoms with van der Waals surface area (Å²) in [6, 6.07) is 14.2. The van der Waals surface area contributed by atoms with Gasteiger partial charge in [-0.25, -0.2) is 0 Å². The van der Waals surface area contributed by atoms with E-state index in [0.717, 1.165) is 40.3 Å². The molecule has 3 rings (SSSR count). The summed E-state index contributed by atoms with van der Waals surface area (Å²) in [5.41, 5.74) is 5.33. The van der Waals surface area contributed by atoms with E-state index in [2.05, 4.69) is 41.9 Å². The topological polar surface area (TPSA) is 21.6 Å². The molecule has 0 atom stereocenters. The summed E-state index contributed by atoms with van der Waals surface area (Å²) >= 11 is 0. The number of aliphatic imine (C=N–C) groups is 1. The van der Waals surface area contributed by atoms with E-state index in [4.69, 9.17) is 4.74 Å². The minimum atomic E-state index is 0.535. The number of benzene rings is 2. The van der Waals surface area contributed by atoms with Gasteiger partial charge in [0, 0.05) is 5.56 Å². The van der Waals surface area contributed by atoms with Crippen molar-refractivity contribution in [3.8, 4) is 5.75 Å². The van der Waals surface area contributed by atoms with Crippen molar-refractivity contribution in [3.05, 3.63) is 89.5 Å². The van der Waals surface area contributed by atoms with E-state index in [9.17, 15) is 0 Å². The van der Waals surface area contributed by atoms with Gasteiger partial charge in [0.15, 0.2) is 0 Å². The maximum atomic E-state index is 6.14. The molecule has 120 valence electrons. The molecule has 1 aliphatic rings. The fourth-order valence-corrected chi connectivity index (χ4v) is 2.79. The van der Waals surface area contributed by atoms with Crippen molar-refractivity contribution in [2.75, 3.05) is 6.54 Å². The average Bonchev–Trinajstić information content (AvgIpc) is 3.15. The SMILES string of the molecule is C=Cc1ccc(OCc2ccccc2)c(C2=NCC=C2)c1/C=C\C. The molecule has 24 heavy (non-hydrogen) atoms. The van der Waals surface area contributed by atoms with E-state index in [0.29, 0.717) is 6.61 Å². The van der Waals surface area contributed by atoms with Crippen molar-refractivity contribution in [3.63, 3.8) is 0 Å². The first kappa shape index (κ1) is 16.0. The standard InChI is InChI=1S/C22H21NO/c1-3-9-19-18(4-2)13-14-21(22(19)20-12-8-15-23-20)24-16-17-10-6-5-7-11-17/h3-14H,2,15-16H2,1H3/b9-3-. The third-order valence-electron chi connectivity index (χ3n) is 3.93. The van der Waals surface area contributed by atoms with Crippen molar-refractivity contribution >= 4 is 17.9 Å². The predicted molar refractivity (Wildman–Crippen MR) is 103 cm³/mol. The molecule has 1 heterocycles. The molecule has 2 aromatic carbocycles. The summed E-state index contributed by atoms with van der Waals surface area (Å²) in [5, 5.41) is 0. The van der Waals surface area contributed by atoms with Crippen molar-refractivity contribution < 1.29 is 4.74 Å². The van der Waals surface area contributed by atoms with E-state index in [-0.39, 0.29) is 0 Å². The highest BCUT2D eigenvalue weighted by atomic mass is 16.5. The van der Waals surface area contributed by atoms with Crippen LogP contribution in [-0.2, 0) is 6.61 Å². The number of allylic oxidation sites excluding steroid dienone is 2. The molecule has 0 amide bonds. The Balaban J connectivity index is 2.03. The normalized spacial score (nSPS) is 13.3. The van der Waals surface area contributed by atoms with Gasteiger partial charge in [0.2, 0.25) is 0 Å². The van der Waals surface area contributed by atoms with Crippen molar-refractivity contribution in [1.82, 2.24) is 0 Å². The van der Waals surface area contributed by atoms with Crippen LogP contribution in [0.25, 0.3) is 12.2 Å². The molecule has 0 saturated heterocycles. The number of ether oxygens (including phenoxy) is 1. The molecular weight excluding hydrogens is 294 g/mol. The van der Waals surface area contributed by atoms with Crippen LogP contribution < -0.4 is 4.74 Å². The molecule has 0 aromatic heterocycles. The lowest BCUT2D eigenvalue weighted by Gasteiger charge is -2.16. The number of hydrogen-bond acceptors (Lipinski definition) is 2. The van der Waals surface area contributed by atoms with Crippen molar-refractivity contribution in [2.24, 2.45) is 4.99 Å². The molecule has 2 nitrogen and oxygen atoms in total. The lowest BCUT2D eigenvalue weighted by atomic mass is 9.96. The van der Waals surface area contributed by atoms with Gasteiger partial charge in [-0.15, -0.1) is 0 Å². The summed E-state index contributed by atoms with van der Waals surface area (Å²) in [7, 11) is 0. The highest BCUT2D eigenvalue weighted by Crippen LogP contribution is 2.30. The van der Waals surface area contributed by atoms with Crippen molar-refractivity contribution in [1.29, 1.82) is 0 Å². The van der Waals surface area contributed by atoms with E-state index in [1.54, 1.807) is 0 Å². The van der Waals surface area contributed by atoms with Crippen LogP contribution >= 0.6 is 0 Å². The highest BCUT2D eigenvalue weighted by molar-refractivity contribution is 6.14. The Bertz CT molecular complexity index is 813. The molecule has 0 aliphatic carbocycles. The van der Waals surface area contributed by atoms with Gasteiger partial charge in [0.25, 0.3) is 0 Å². The second kappa shape index (κ2) is 7.60. The average molecular weight is 315 g/mol. The monoisotopic (exact) mass is 315 g/mol. The van der Waals surface area contributed by atoms with Gasteiger partial charge in [0.05, 0.1) is 12.3 Å². The first-order valence-electron chi connectivity index (χ1n) is 8.13. The Morgan fingerprint density at radius 1 is 1.17 bits per heavy atom. The largest absolute Gasteiger partial charge is 0.488 e. The van der Waals surface area contributed by atoms with Crippen LogP contribution in [0.3, 0.4) is 0 Å². The lowest BCUT2D eigenvalue weighted by Crippen LogP contribution is -2.06. The van der Waals surface area contributed by atoms with Crippen LogP contribution in [0, 0.1) is 0 Å². The molecule has 0 spiro atoms. The molecule has 1 aliphatic heterocycles. The van der Waals surface area contributed by atoms with E-state index >= 15 is 0 Å². The van der Waals surface area contributed by atoms with E-state index in [1.165, 1.54) is 0 Å². The first-order valence-corrected chi connectivity index (χ1v) is 8.13. The minimum absolute atomic E-state index is 0.535. The smallest absolute Gasteiger partial charge is 0.129 e. The Morgan fingerprint density at radius 3 is 2.67 bits per heavy atom. The summed E-state index contributed by atoms with van der Waals surface area (Å²) < 4.78 is 6.14. The van der Waals surface area contributed by atoms with E-state index < -0.39 is 0 Å². The summed E-state index contributed by atoms with van der Waals surface area (Å²) in [4.78, 5) is 4.60. The Hall–Kier alpha value is -2.87. The minimum Gasteiger partial charge on any atom is -0.488 e. The zero-order chi connectivity index (χ0) is 16.8. The first-order chi connectivity index (χ1) is 11.8. The summed E-state index contributed by atoms with van der Waals surface area (Å²) in [5.74, 6) is 0.850. The van der Waals surface area contributed by atoms with Gasteiger partial charge in [-0.05, 0) is 35.8 Å². The van der Waals surface area contributed by atoms with Gasteiger partial charge in [-0.2, -0.15) is 0 Å². The number of rotatable bonds is 6. The number of hydrogen-bond donors (Lipinski definition) is 0. The molecule has 2 aromatic rings. The second-order valence-electron chi connectivity index (χ2n) is 5.55. The lowest BCUT2D eigenvalue weighted by molar-refractivity contribution is 0.305. The zero-order valence-electron chi connectivity index (χ0n) is 13.9. The predicted octanol–water partition coefficient (Wildman–Crippen LogP) is 5.30. The maximum absolute atomic E-state index is 6.14. The summed E-state index contributed by atoms with van der Waals surface area (Å²) in [6.07, 6.45) is 10.1. The fourth-order valence-electron chi connectivity index (χ4n) is 2.79. The maximum Gasteiger partial charge on any atom is 0.129 e. The Kier molecular flexibility index (Phi) is 5.07. The summed E-state index contributed by atoms with van der Waals surface area (Å²) in [6.45, 7) is 7.21. The van der Waals surface area contributed by atoms with Gasteiger partial charge < -0.3 is 4.74 Å². The van der Waals surface area contributed by atoms with Crippen LogP contribution in [0.5, 0.6) is 5.75 Å². The van der Waals surface area contributed by atoms with Crippen LogP contribution in [0.2, 0.25) is 0 Å². The van der Waals surface area contributed by atoms with Gasteiger partial charge in [-0.1, -0.05) is 67.3 Å². The highest BCUT2D eigenvalue weighted by Gasteiger charge is 2.17. The molecule has 0 radical (unpaired) electrons. The van der Waals surface area contributed by atoms with Crippen LogP contribution in [0.4, 0.5) is 0 Å². The van der Waals surface area contributed by atoms with Crippen LogP contribution in [0.1, 0.15) is 29.2 Å². The molecule has 0 bridgehead atoms. The third-order valence-corrected chi connectivity index (χ3v) is 3.93. The Labute approximate surface area is 143 Å². The van der Waals surface area contributed by atoms with Crippen molar-refractivity contribution in [2.45, 2.75) is 13.5 Å². The van der Waals surface area contributed by atoms with Gasteiger partial charge in [0.1, 0.15) is 12.4 Å². The third kappa shape index (κ3) is 3.38. The number of nitrogens with zero attached hydrogens (tertiary/aromatic N) is 1. The molecule has 0 saturated carbocycles. The van der Waals surface area contributed by atoms with E-state index in [1.807, 2.05) is 49.4 Å². The van der Waals surface area contributed by atoms with Gasteiger partial charge >= 0.3 is 0 Å². The zero-order valence-corrected chi connectivity index (χ0v) is 13.9. The quantitative estimate of drug-likeness (QED) is 0.708. The second-order valence-corrected chi connectivity index (χ2v) is 5.55. The molecule has 0 N–H and O–H groups in total. The molecule has 0 fully saturated rings. The van der Waals surface area contributed by atoms with Gasteiger partial charge in [-0.3, -0.25) is 4.99 Å². The molecule has 0 unspecified atom stereocenters. The Morgan fingerprint density at radius 2 is 2.00 bits per heavy atom. The molecule has 2 heteroatoms. The molecular formula is C22H21NO. The fraction of sp³-hybridized carbons (Fsp3) is 0.136. The van der Waals surface area contributed by atoms with Crippen LogP contribution in [0.15, 0.2) is 72.3 Å².